The Kier molecular flexibility index (Phi) is 1.65. The molecular weight excluding hydrogens is 152 g/mol. The van der Waals surface area contributed by atoms with E-state index < -0.39 is 0 Å². The molecule has 0 aromatic carbocycles. The Bertz CT molecular complexity index is 274. The van der Waals surface area contributed by atoms with Crippen LogP contribution in [-0.4, -0.2) is 20.3 Å². The van der Waals surface area contributed by atoms with Gasteiger partial charge in [-0.1, -0.05) is 0 Å². The van der Waals surface area contributed by atoms with Gasteiger partial charge in [-0.05, 0) is 19.8 Å². The van der Waals surface area contributed by atoms with Gasteiger partial charge in [-0.25, -0.2) is 0 Å². The zero-order chi connectivity index (χ0) is 8.60. The summed E-state index contributed by atoms with van der Waals surface area (Å²) in [5.74, 6) is 1.03. The van der Waals surface area contributed by atoms with Crippen LogP contribution in [-0.2, 0) is 13.0 Å². The lowest BCUT2D eigenvalue weighted by atomic mass is 10.2. The molecule has 0 unspecified atom stereocenters. The smallest absolute Gasteiger partial charge is 0.134 e. The molecule has 0 radical (unpaired) electrons. The van der Waals surface area contributed by atoms with E-state index >= 15 is 0 Å². The lowest BCUT2D eigenvalue weighted by Gasteiger charge is -2.07. The molecule has 2 N–H and O–H groups in total. The first-order valence-corrected chi connectivity index (χ1v) is 4.39. The lowest BCUT2D eigenvalue weighted by Crippen LogP contribution is -2.26. The second-order valence-corrected chi connectivity index (χ2v) is 3.57. The Morgan fingerprint density at radius 3 is 3.00 bits per heavy atom. The maximum Gasteiger partial charge on any atom is 0.134 e. The van der Waals surface area contributed by atoms with Crippen molar-refractivity contribution >= 4 is 0 Å². The fraction of sp³-hybridized carbons (Fsp3) is 0.750. The SMILES string of the molecule is CCn1cnnc1CC1(N)CC1. The molecule has 66 valence electrons. The van der Waals surface area contributed by atoms with Gasteiger partial charge in [0.25, 0.3) is 0 Å². The summed E-state index contributed by atoms with van der Waals surface area (Å²) in [6, 6.07) is 0. The Morgan fingerprint density at radius 2 is 2.42 bits per heavy atom. The number of aryl methyl sites for hydroxylation is 1. The summed E-state index contributed by atoms with van der Waals surface area (Å²) in [6.45, 7) is 3.02. The molecule has 1 aliphatic rings. The quantitative estimate of drug-likeness (QED) is 0.704. The topological polar surface area (TPSA) is 56.7 Å². The largest absolute Gasteiger partial charge is 0.325 e. The molecule has 0 bridgehead atoms. The van der Waals surface area contributed by atoms with Crippen molar-refractivity contribution < 1.29 is 0 Å². The summed E-state index contributed by atoms with van der Waals surface area (Å²) in [4.78, 5) is 0. The van der Waals surface area contributed by atoms with E-state index in [0.29, 0.717) is 0 Å². The van der Waals surface area contributed by atoms with Gasteiger partial charge in [-0.3, -0.25) is 0 Å². The highest BCUT2D eigenvalue weighted by atomic mass is 15.3. The van der Waals surface area contributed by atoms with Crippen LogP contribution in [0.1, 0.15) is 25.6 Å². The Balaban J connectivity index is 2.11. The number of nitrogens with zero attached hydrogens (tertiary/aromatic N) is 3. The van der Waals surface area contributed by atoms with Crippen molar-refractivity contribution in [1.29, 1.82) is 0 Å². The fourth-order valence-corrected chi connectivity index (χ4v) is 1.33. The van der Waals surface area contributed by atoms with Gasteiger partial charge < -0.3 is 10.3 Å². The number of hydrogen-bond donors (Lipinski definition) is 1. The second kappa shape index (κ2) is 2.55. The molecule has 0 atom stereocenters. The van der Waals surface area contributed by atoms with E-state index in [1.807, 2.05) is 4.57 Å². The second-order valence-electron chi connectivity index (χ2n) is 3.57. The molecule has 0 amide bonds. The van der Waals surface area contributed by atoms with Crippen molar-refractivity contribution in [2.24, 2.45) is 5.73 Å². The van der Waals surface area contributed by atoms with Crippen molar-refractivity contribution in [3.05, 3.63) is 12.2 Å². The van der Waals surface area contributed by atoms with E-state index in [9.17, 15) is 0 Å². The number of rotatable bonds is 3. The van der Waals surface area contributed by atoms with Crippen LogP contribution in [0.15, 0.2) is 6.33 Å². The van der Waals surface area contributed by atoms with Crippen LogP contribution in [0.5, 0.6) is 0 Å². The highest BCUT2D eigenvalue weighted by Crippen LogP contribution is 2.34. The van der Waals surface area contributed by atoms with Crippen molar-refractivity contribution in [2.45, 2.75) is 38.3 Å². The third-order valence-electron chi connectivity index (χ3n) is 2.44. The summed E-state index contributed by atoms with van der Waals surface area (Å²) in [5.41, 5.74) is 6.02. The Hall–Kier alpha value is -0.900. The summed E-state index contributed by atoms with van der Waals surface area (Å²) in [5, 5.41) is 7.91. The number of hydrogen-bond acceptors (Lipinski definition) is 3. The van der Waals surface area contributed by atoms with Crippen molar-refractivity contribution in [3.63, 3.8) is 0 Å². The van der Waals surface area contributed by atoms with Gasteiger partial charge in [0.15, 0.2) is 0 Å². The zero-order valence-corrected chi connectivity index (χ0v) is 7.32. The third kappa shape index (κ3) is 1.34. The van der Waals surface area contributed by atoms with Gasteiger partial charge in [0, 0.05) is 18.5 Å². The van der Waals surface area contributed by atoms with Crippen LogP contribution >= 0.6 is 0 Å². The number of nitrogens with two attached hydrogens (primary N) is 1. The predicted octanol–water partition coefficient (Wildman–Crippen LogP) is 0.332. The van der Waals surface area contributed by atoms with Gasteiger partial charge in [-0.2, -0.15) is 0 Å². The average molecular weight is 166 g/mol. The fourth-order valence-electron chi connectivity index (χ4n) is 1.33. The minimum atomic E-state index is 0.0416. The molecule has 1 heterocycles. The molecule has 1 aromatic heterocycles. The van der Waals surface area contributed by atoms with Crippen LogP contribution in [0.3, 0.4) is 0 Å². The van der Waals surface area contributed by atoms with Gasteiger partial charge in [-0.15, -0.1) is 10.2 Å². The van der Waals surface area contributed by atoms with E-state index in [1.54, 1.807) is 6.33 Å². The highest BCUT2D eigenvalue weighted by Gasteiger charge is 2.39. The maximum atomic E-state index is 5.98. The summed E-state index contributed by atoms with van der Waals surface area (Å²) < 4.78 is 2.05. The molecule has 4 heteroatoms. The molecule has 0 aliphatic heterocycles. The Morgan fingerprint density at radius 1 is 1.67 bits per heavy atom. The summed E-state index contributed by atoms with van der Waals surface area (Å²) in [6.07, 6.45) is 4.90. The van der Waals surface area contributed by atoms with E-state index in [2.05, 4.69) is 17.1 Å². The first kappa shape index (κ1) is 7.73. The molecule has 2 rings (SSSR count). The van der Waals surface area contributed by atoms with Crippen molar-refractivity contribution in [2.75, 3.05) is 0 Å². The first-order chi connectivity index (χ1) is 5.73. The predicted molar refractivity (Wildman–Crippen MR) is 45.6 cm³/mol. The molecule has 0 saturated heterocycles. The standard InChI is InChI=1S/C8H14N4/c1-2-12-6-10-11-7(12)5-8(9)3-4-8/h6H,2-5,9H2,1H3. The molecule has 12 heavy (non-hydrogen) atoms. The van der Waals surface area contributed by atoms with Crippen LogP contribution in [0.4, 0.5) is 0 Å². The van der Waals surface area contributed by atoms with E-state index in [4.69, 9.17) is 5.73 Å². The maximum absolute atomic E-state index is 5.98. The monoisotopic (exact) mass is 166 g/mol. The van der Waals surface area contributed by atoms with Gasteiger partial charge >= 0.3 is 0 Å². The van der Waals surface area contributed by atoms with E-state index in [1.165, 1.54) is 0 Å². The van der Waals surface area contributed by atoms with Crippen molar-refractivity contribution in [1.82, 2.24) is 14.8 Å². The van der Waals surface area contributed by atoms with Crippen LogP contribution in [0.2, 0.25) is 0 Å². The zero-order valence-electron chi connectivity index (χ0n) is 7.32. The molecule has 1 fully saturated rings. The first-order valence-electron chi connectivity index (χ1n) is 4.39. The minimum absolute atomic E-state index is 0.0416. The molecule has 1 aliphatic carbocycles. The average Bonchev–Trinajstić information content (AvgIpc) is 2.64. The van der Waals surface area contributed by atoms with Gasteiger partial charge in [0.1, 0.15) is 12.2 Å². The third-order valence-corrected chi connectivity index (χ3v) is 2.44. The molecular formula is C8H14N4. The summed E-state index contributed by atoms with van der Waals surface area (Å²) in [7, 11) is 0. The Labute approximate surface area is 71.8 Å². The minimum Gasteiger partial charge on any atom is -0.325 e. The highest BCUT2D eigenvalue weighted by molar-refractivity contribution is 5.06. The van der Waals surface area contributed by atoms with Crippen LogP contribution < -0.4 is 5.73 Å². The van der Waals surface area contributed by atoms with Gasteiger partial charge in [0.2, 0.25) is 0 Å². The van der Waals surface area contributed by atoms with E-state index in [-0.39, 0.29) is 5.54 Å². The van der Waals surface area contributed by atoms with Crippen LogP contribution in [0.25, 0.3) is 0 Å². The summed E-state index contributed by atoms with van der Waals surface area (Å²) >= 11 is 0. The van der Waals surface area contributed by atoms with E-state index in [0.717, 1.165) is 31.6 Å². The number of aromatic nitrogens is 3. The lowest BCUT2D eigenvalue weighted by molar-refractivity contribution is 0.600. The molecule has 4 nitrogen and oxygen atoms in total. The molecule has 0 spiro atoms. The molecule has 1 saturated carbocycles. The van der Waals surface area contributed by atoms with Gasteiger partial charge in [0.05, 0.1) is 0 Å². The molecule has 1 aromatic rings. The van der Waals surface area contributed by atoms with Crippen molar-refractivity contribution in [3.8, 4) is 0 Å². The normalized spacial score (nSPS) is 19.5. The van der Waals surface area contributed by atoms with Crippen LogP contribution in [0, 0.1) is 0 Å².